The lowest BCUT2D eigenvalue weighted by molar-refractivity contribution is 0.0695. The third-order valence-corrected chi connectivity index (χ3v) is 7.20. The number of ether oxygens (including phenoxy) is 1. The van der Waals surface area contributed by atoms with E-state index in [0.717, 1.165) is 25.3 Å². The summed E-state index contributed by atoms with van der Waals surface area (Å²) < 4.78 is 23.0. The minimum Gasteiger partial charge on any atom is -0.492 e. The van der Waals surface area contributed by atoms with Crippen LogP contribution in [-0.4, -0.2) is 41.9 Å². The van der Waals surface area contributed by atoms with Crippen LogP contribution in [0.4, 0.5) is 10.1 Å². The van der Waals surface area contributed by atoms with Gasteiger partial charge in [0.15, 0.2) is 11.6 Å². The zero-order valence-electron chi connectivity index (χ0n) is 18.3. The van der Waals surface area contributed by atoms with E-state index in [1.807, 2.05) is 4.90 Å². The topological polar surface area (TPSA) is 122 Å². The van der Waals surface area contributed by atoms with Crippen molar-refractivity contribution in [3.8, 4) is 11.8 Å². The highest BCUT2D eigenvalue weighted by atomic mass is 19.1. The fourth-order valence-electron chi connectivity index (χ4n) is 5.46. The fraction of sp³-hybridized carbons (Fsp3) is 0.458. The number of halogens is 1. The molecule has 9 heteroatoms. The quantitative estimate of drug-likeness (QED) is 0.647. The first-order valence-corrected chi connectivity index (χ1v) is 11.1. The number of carboxylic acid groups (broad SMARTS) is 1. The van der Waals surface area contributed by atoms with E-state index in [0.29, 0.717) is 18.6 Å². The van der Waals surface area contributed by atoms with E-state index in [9.17, 15) is 14.7 Å². The summed E-state index contributed by atoms with van der Waals surface area (Å²) >= 11 is 0. The predicted octanol–water partition coefficient (Wildman–Crippen LogP) is 2.81. The summed E-state index contributed by atoms with van der Waals surface area (Å²) in [6, 6.07) is 3.08. The van der Waals surface area contributed by atoms with Gasteiger partial charge in [0.25, 0.3) is 0 Å². The number of nitriles is 1. The van der Waals surface area contributed by atoms with Crippen molar-refractivity contribution in [2.75, 3.05) is 25.1 Å². The second kappa shape index (κ2) is 7.89. The van der Waals surface area contributed by atoms with E-state index >= 15 is 4.39 Å². The number of fused-ring (bicyclic) bond motifs is 2. The van der Waals surface area contributed by atoms with Crippen molar-refractivity contribution in [1.82, 2.24) is 4.57 Å². The number of methoxy groups -OCH3 is 1. The molecule has 1 aliphatic heterocycles. The van der Waals surface area contributed by atoms with Crippen LogP contribution < -0.4 is 20.8 Å². The number of aromatic nitrogens is 1. The lowest BCUT2D eigenvalue weighted by Gasteiger charge is -2.27. The molecule has 3 unspecified atom stereocenters. The van der Waals surface area contributed by atoms with Crippen molar-refractivity contribution < 1.29 is 19.0 Å². The van der Waals surface area contributed by atoms with Gasteiger partial charge in [-0.15, -0.1) is 0 Å². The van der Waals surface area contributed by atoms with Gasteiger partial charge in [0.1, 0.15) is 11.3 Å². The lowest BCUT2D eigenvalue weighted by Crippen LogP contribution is -2.35. The maximum absolute atomic E-state index is 15.5. The summed E-state index contributed by atoms with van der Waals surface area (Å²) in [6.45, 7) is 1.05. The molecule has 0 radical (unpaired) electrons. The SMILES string of the molecule is COc1c(N2CC3=CCC(C(N)CC#N)C3C2)c(F)cc2c(=O)c(C(=O)O)cn(C3CC3)c12. The molecule has 3 aliphatic rings. The highest BCUT2D eigenvalue weighted by Gasteiger charge is 2.41. The van der Waals surface area contributed by atoms with Crippen molar-refractivity contribution in [2.45, 2.75) is 37.8 Å². The van der Waals surface area contributed by atoms with Gasteiger partial charge in [0.2, 0.25) is 5.43 Å². The van der Waals surface area contributed by atoms with Crippen LogP contribution in [0.25, 0.3) is 10.9 Å². The zero-order valence-corrected chi connectivity index (χ0v) is 18.3. The summed E-state index contributed by atoms with van der Waals surface area (Å²) in [6.07, 6.45) is 6.28. The molecule has 1 saturated heterocycles. The van der Waals surface area contributed by atoms with Gasteiger partial charge in [0.05, 0.1) is 30.5 Å². The maximum atomic E-state index is 15.5. The van der Waals surface area contributed by atoms with Crippen LogP contribution in [0, 0.1) is 29.0 Å². The predicted molar refractivity (Wildman–Crippen MR) is 120 cm³/mol. The summed E-state index contributed by atoms with van der Waals surface area (Å²) in [5.74, 6) is -1.46. The van der Waals surface area contributed by atoms with Crippen LogP contribution in [0.5, 0.6) is 5.75 Å². The van der Waals surface area contributed by atoms with Crippen LogP contribution in [0.2, 0.25) is 0 Å². The van der Waals surface area contributed by atoms with E-state index in [1.165, 1.54) is 18.9 Å². The van der Waals surface area contributed by atoms with Gasteiger partial charge >= 0.3 is 5.97 Å². The van der Waals surface area contributed by atoms with Gasteiger partial charge in [-0.3, -0.25) is 4.79 Å². The maximum Gasteiger partial charge on any atom is 0.341 e. The molecule has 2 aromatic rings. The molecule has 5 rings (SSSR count). The molecule has 3 atom stereocenters. The molecule has 3 N–H and O–H groups in total. The standard InChI is InChI=1S/C24H25FN4O4/c1-33-23-20-15(22(30)17(24(31)32)11-29(20)13-3-4-13)8-18(25)21(23)28-9-12-2-5-14(16(12)10-28)19(27)6-7-26/h2,8,11,13-14,16,19H,3-6,9-10,27H2,1H3,(H,31,32). The Bertz CT molecular complexity index is 1290. The van der Waals surface area contributed by atoms with Crippen molar-refractivity contribution in [3.05, 3.63) is 45.5 Å². The number of benzene rings is 1. The lowest BCUT2D eigenvalue weighted by atomic mass is 9.86. The van der Waals surface area contributed by atoms with Crippen molar-refractivity contribution in [2.24, 2.45) is 17.6 Å². The average molecular weight is 452 g/mol. The number of nitrogens with zero attached hydrogens (tertiary/aromatic N) is 3. The van der Waals surface area contributed by atoms with Crippen molar-refractivity contribution in [3.63, 3.8) is 0 Å². The zero-order chi connectivity index (χ0) is 23.4. The average Bonchev–Trinajstić information content (AvgIpc) is 3.42. The molecular weight excluding hydrogens is 427 g/mol. The minimum atomic E-state index is -1.33. The van der Waals surface area contributed by atoms with E-state index in [1.54, 1.807) is 4.57 Å². The molecule has 1 aromatic heterocycles. The number of nitrogens with two attached hydrogens (primary N) is 1. The Labute approximate surface area is 189 Å². The number of anilines is 1. The van der Waals surface area contributed by atoms with E-state index in [2.05, 4.69) is 12.1 Å². The Kier molecular flexibility index (Phi) is 5.13. The molecule has 0 spiro atoms. The number of pyridine rings is 1. The normalized spacial score (nSPS) is 22.7. The monoisotopic (exact) mass is 452 g/mol. The summed E-state index contributed by atoms with van der Waals surface area (Å²) in [5.41, 5.74) is 7.02. The van der Waals surface area contributed by atoms with Gasteiger partial charge in [-0.25, -0.2) is 9.18 Å². The van der Waals surface area contributed by atoms with Gasteiger partial charge in [-0.2, -0.15) is 5.26 Å². The van der Waals surface area contributed by atoms with Crippen molar-refractivity contribution >= 4 is 22.6 Å². The highest BCUT2D eigenvalue weighted by Crippen LogP contribution is 2.47. The molecule has 0 bridgehead atoms. The Morgan fingerprint density at radius 3 is 2.85 bits per heavy atom. The summed E-state index contributed by atoms with van der Waals surface area (Å²) in [5, 5.41) is 18.5. The third-order valence-electron chi connectivity index (χ3n) is 7.20. The molecular formula is C24H25FN4O4. The number of allylic oxidation sites excluding steroid dienone is 1. The third kappa shape index (κ3) is 3.37. The van der Waals surface area contributed by atoms with Gasteiger partial charge in [-0.1, -0.05) is 6.08 Å². The van der Waals surface area contributed by atoms with Gasteiger partial charge in [-0.05, 0) is 36.8 Å². The van der Waals surface area contributed by atoms with Crippen LogP contribution in [-0.2, 0) is 0 Å². The minimum absolute atomic E-state index is 0.00688. The number of aromatic carboxylic acids is 1. The number of carboxylic acids is 1. The molecule has 33 heavy (non-hydrogen) atoms. The molecule has 0 amide bonds. The first-order chi connectivity index (χ1) is 15.8. The Balaban J connectivity index is 1.63. The van der Waals surface area contributed by atoms with Gasteiger partial charge < -0.3 is 25.0 Å². The molecule has 2 aliphatic carbocycles. The van der Waals surface area contributed by atoms with E-state index in [-0.39, 0.29) is 52.7 Å². The molecule has 8 nitrogen and oxygen atoms in total. The van der Waals surface area contributed by atoms with Crippen LogP contribution >= 0.6 is 0 Å². The largest absolute Gasteiger partial charge is 0.492 e. The van der Waals surface area contributed by atoms with E-state index < -0.39 is 17.2 Å². The molecule has 2 fully saturated rings. The van der Waals surface area contributed by atoms with Crippen molar-refractivity contribution in [1.29, 1.82) is 5.26 Å². The fourth-order valence-corrected chi connectivity index (χ4v) is 5.46. The van der Waals surface area contributed by atoms with E-state index in [4.69, 9.17) is 15.7 Å². The number of carbonyl (C=O) groups is 1. The highest BCUT2D eigenvalue weighted by molar-refractivity contribution is 5.97. The second-order valence-corrected chi connectivity index (χ2v) is 9.14. The Hall–Kier alpha value is -3.38. The number of rotatable bonds is 6. The van der Waals surface area contributed by atoms with Crippen LogP contribution in [0.3, 0.4) is 0 Å². The molecule has 2 heterocycles. The first kappa shape index (κ1) is 21.5. The smallest absolute Gasteiger partial charge is 0.341 e. The number of hydrogen-bond donors (Lipinski definition) is 2. The summed E-state index contributed by atoms with van der Waals surface area (Å²) in [4.78, 5) is 26.4. The Morgan fingerprint density at radius 1 is 1.45 bits per heavy atom. The van der Waals surface area contributed by atoms with Gasteiger partial charge in [0, 0.05) is 37.3 Å². The second-order valence-electron chi connectivity index (χ2n) is 9.14. The molecule has 1 aromatic carbocycles. The summed E-state index contributed by atoms with van der Waals surface area (Å²) in [7, 11) is 1.44. The number of hydrogen-bond acceptors (Lipinski definition) is 6. The van der Waals surface area contributed by atoms with Crippen LogP contribution in [0.15, 0.2) is 28.7 Å². The first-order valence-electron chi connectivity index (χ1n) is 11.1. The molecule has 172 valence electrons. The molecule has 1 saturated carbocycles. The van der Waals surface area contributed by atoms with Crippen LogP contribution in [0.1, 0.15) is 42.1 Å². The Morgan fingerprint density at radius 2 is 2.21 bits per heavy atom.